The van der Waals surface area contributed by atoms with Gasteiger partial charge in [-0.15, -0.1) is 0 Å². The van der Waals surface area contributed by atoms with Crippen molar-refractivity contribution in [2.75, 3.05) is 0 Å². The van der Waals surface area contributed by atoms with Crippen LogP contribution >= 0.6 is 31.9 Å². The summed E-state index contributed by atoms with van der Waals surface area (Å²) in [6, 6.07) is 3.36. The molecule has 0 aromatic carbocycles. The van der Waals surface area contributed by atoms with Crippen LogP contribution in [0.5, 0.6) is 5.75 Å². The predicted octanol–water partition coefficient (Wildman–Crippen LogP) is 4.74. The van der Waals surface area contributed by atoms with E-state index >= 15 is 0 Å². The molecule has 0 radical (unpaired) electrons. The van der Waals surface area contributed by atoms with E-state index in [0.29, 0.717) is 16.2 Å². The van der Waals surface area contributed by atoms with Crippen LogP contribution < -0.4 is 0 Å². The van der Waals surface area contributed by atoms with Crippen LogP contribution in [0.25, 0.3) is 0 Å². The van der Waals surface area contributed by atoms with Gasteiger partial charge in [-0.25, -0.2) is 4.98 Å². The lowest BCUT2D eigenvalue weighted by Gasteiger charge is -2.30. The van der Waals surface area contributed by atoms with Crippen LogP contribution in [0.4, 0.5) is 0 Å². The van der Waals surface area contributed by atoms with Crippen molar-refractivity contribution in [2.45, 2.75) is 50.5 Å². The maximum atomic E-state index is 12.0. The molecule has 0 bridgehead atoms. The summed E-state index contributed by atoms with van der Waals surface area (Å²) in [5.41, 5.74) is 0.655. The fourth-order valence-electron chi connectivity index (χ4n) is 2.84. The molecule has 1 heterocycles. The third kappa shape index (κ3) is 4.44. The van der Waals surface area contributed by atoms with Crippen molar-refractivity contribution < 1.29 is 14.6 Å². The van der Waals surface area contributed by atoms with E-state index in [0.717, 1.165) is 25.7 Å². The summed E-state index contributed by atoms with van der Waals surface area (Å²) >= 11 is 7.01. The highest BCUT2D eigenvalue weighted by Gasteiger charge is 2.32. The van der Waals surface area contributed by atoms with Gasteiger partial charge >= 0.3 is 5.97 Å². The predicted molar refractivity (Wildman–Crippen MR) is 91.9 cm³/mol. The van der Waals surface area contributed by atoms with E-state index in [-0.39, 0.29) is 28.6 Å². The highest BCUT2D eigenvalue weighted by molar-refractivity contribution is 9.10. The molecule has 0 spiro atoms. The number of alkyl halides is 1. The van der Waals surface area contributed by atoms with Gasteiger partial charge in [0.2, 0.25) is 0 Å². The average Bonchev–Trinajstić information content (AvgIpc) is 2.48. The SMILES string of the molecule is CC(C)OC(=O)C1CCC(C(Br)c2nc(Br)ccc2O)CC1. The summed E-state index contributed by atoms with van der Waals surface area (Å²) in [5.74, 6) is 0.479. The number of esters is 1. The van der Waals surface area contributed by atoms with Crippen LogP contribution in [0.2, 0.25) is 0 Å². The molecule has 0 aliphatic heterocycles. The zero-order valence-electron chi connectivity index (χ0n) is 12.8. The number of pyridine rings is 1. The van der Waals surface area contributed by atoms with Crippen molar-refractivity contribution in [2.24, 2.45) is 11.8 Å². The Labute approximate surface area is 147 Å². The number of carbonyl (C=O) groups excluding carboxylic acids is 1. The highest BCUT2D eigenvalue weighted by Crippen LogP contribution is 2.43. The Morgan fingerprint density at radius 1 is 1.32 bits per heavy atom. The van der Waals surface area contributed by atoms with E-state index in [4.69, 9.17) is 4.74 Å². The Morgan fingerprint density at radius 3 is 2.55 bits per heavy atom. The summed E-state index contributed by atoms with van der Waals surface area (Å²) in [5, 5.41) is 9.99. The maximum absolute atomic E-state index is 12.0. The minimum atomic E-state index is -0.0806. The van der Waals surface area contributed by atoms with E-state index in [9.17, 15) is 9.90 Å². The lowest BCUT2D eigenvalue weighted by molar-refractivity contribution is -0.153. The number of hydrogen-bond acceptors (Lipinski definition) is 4. The molecule has 6 heteroatoms. The fraction of sp³-hybridized carbons (Fsp3) is 0.625. The molecular formula is C16H21Br2NO3. The van der Waals surface area contributed by atoms with Crippen molar-refractivity contribution >= 4 is 37.8 Å². The smallest absolute Gasteiger partial charge is 0.309 e. The molecule has 1 aliphatic rings. The van der Waals surface area contributed by atoms with Gasteiger partial charge < -0.3 is 9.84 Å². The summed E-state index contributed by atoms with van der Waals surface area (Å²) in [6.45, 7) is 3.75. The quantitative estimate of drug-likeness (QED) is 0.422. The van der Waals surface area contributed by atoms with Gasteiger partial charge in [-0.2, -0.15) is 0 Å². The second-order valence-corrected chi connectivity index (χ2v) is 7.84. The largest absolute Gasteiger partial charge is 0.506 e. The van der Waals surface area contributed by atoms with Crippen molar-refractivity contribution in [3.63, 3.8) is 0 Å². The first-order valence-corrected chi connectivity index (χ1v) is 9.29. The summed E-state index contributed by atoms with van der Waals surface area (Å²) in [4.78, 5) is 16.3. The number of rotatable bonds is 4. The minimum Gasteiger partial charge on any atom is -0.506 e. The Kier molecular flexibility index (Phi) is 6.26. The molecule has 1 unspecified atom stereocenters. The van der Waals surface area contributed by atoms with Crippen LogP contribution in [0.3, 0.4) is 0 Å². The van der Waals surface area contributed by atoms with Crippen LogP contribution in [0.1, 0.15) is 50.1 Å². The normalized spacial score (nSPS) is 23.3. The Morgan fingerprint density at radius 2 is 1.95 bits per heavy atom. The molecular weight excluding hydrogens is 414 g/mol. The third-order valence-electron chi connectivity index (χ3n) is 4.00. The molecule has 1 N–H and O–H groups in total. The first-order chi connectivity index (χ1) is 10.4. The number of hydrogen-bond donors (Lipinski definition) is 1. The van der Waals surface area contributed by atoms with Gasteiger partial charge in [-0.1, -0.05) is 15.9 Å². The average molecular weight is 435 g/mol. The van der Waals surface area contributed by atoms with Gasteiger partial charge in [0.1, 0.15) is 10.4 Å². The molecule has 1 aliphatic carbocycles. The summed E-state index contributed by atoms with van der Waals surface area (Å²) in [7, 11) is 0. The number of ether oxygens (including phenoxy) is 1. The van der Waals surface area contributed by atoms with Crippen LogP contribution in [-0.2, 0) is 9.53 Å². The van der Waals surface area contributed by atoms with E-state index < -0.39 is 0 Å². The minimum absolute atomic E-state index is 0.00224. The van der Waals surface area contributed by atoms with Gasteiger partial charge in [0.05, 0.1) is 22.5 Å². The van der Waals surface area contributed by atoms with E-state index in [1.807, 2.05) is 13.8 Å². The fourth-order valence-corrected chi connectivity index (χ4v) is 4.03. The van der Waals surface area contributed by atoms with E-state index in [1.54, 1.807) is 12.1 Å². The molecule has 122 valence electrons. The molecule has 0 amide bonds. The van der Waals surface area contributed by atoms with Crippen molar-refractivity contribution in [1.29, 1.82) is 0 Å². The van der Waals surface area contributed by atoms with Crippen LogP contribution in [0.15, 0.2) is 16.7 Å². The second-order valence-electron chi connectivity index (χ2n) is 6.04. The molecule has 1 atom stereocenters. The standard InChI is InChI=1S/C16H21Br2NO3/c1-9(2)22-16(21)11-5-3-10(4-6-11)14(18)15-12(20)7-8-13(17)19-15/h7-11,14,20H,3-6H2,1-2H3. The summed E-state index contributed by atoms with van der Waals surface area (Å²) in [6.07, 6.45) is 3.43. The summed E-state index contributed by atoms with van der Waals surface area (Å²) < 4.78 is 6.00. The number of carbonyl (C=O) groups is 1. The topological polar surface area (TPSA) is 59.4 Å². The first-order valence-electron chi connectivity index (χ1n) is 7.58. The highest BCUT2D eigenvalue weighted by atomic mass is 79.9. The lowest BCUT2D eigenvalue weighted by atomic mass is 9.80. The molecule has 1 aromatic heterocycles. The van der Waals surface area contributed by atoms with E-state index in [2.05, 4.69) is 36.8 Å². The molecule has 4 nitrogen and oxygen atoms in total. The van der Waals surface area contributed by atoms with Crippen LogP contribution in [-0.4, -0.2) is 22.2 Å². The zero-order chi connectivity index (χ0) is 16.3. The lowest BCUT2D eigenvalue weighted by Crippen LogP contribution is -2.27. The van der Waals surface area contributed by atoms with Crippen molar-refractivity contribution in [1.82, 2.24) is 4.98 Å². The maximum Gasteiger partial charge on any atom is 0.309 e. The molecule has 1 saturated carbocycles. The third-order valence-corrected chi connectivity index (χ3v) is 5.62. The number of aromatic nitrogens is 1. The molecule has 1 aromatic rings. The van der Waals surface area contributed by atoms with Gasteiger partial charge in [0.25, 0.3) is 0 Å². The first kappa shape index (κ1) is 17.7. The molecule has 1 fully saturated rings. The van der Waals surface area contributed by atoms with Gasteiger partial charge in [-0.05, 0) is 73.5 Å². The van der Waals surface area contributed by atoms with Crippen molar-refractivity contribution in [3.8, 4) is 5.75 Å². The van der Waals surface area contributed by atoms with E-state index in [1.165, 1.54) is 0 Å². The van der Waals surface area contributed by atoms with Gasteiger partial charge in [0, 0.05) is 0 Å². The monoisotopic (exact) mass is 433 g/mol. The van der Waals surface area contributed by atoms with Gasteiger partial charge in [-0.3, -0.25) is 4.79 Å². The molecule has 22 heavy (non-hydrogen) atoms. The molecule has 2 rings (SSSR count). The number of aromatic hydroxyl groups is 1. The zero-order valence-corrected chi connectivity index (χ0v) is 15.9. The Bertz CT molecular complexity index is 528. The Hall–Kier alpha value is -0.620. The molecule has 0 saturated heterocycles. The van der Waals surface area contributed by atoms with Gasteiger partial charge in [0.15, 0.2) is 0 Å². The van der Waals surface area contributed by atoms with Crippen molar-refractivity contribution in [3.05, 3.63) is 22.4 Å². The van der Waals surface area contributed by atoms with Crippen LogP contribution in [0, 0.1) is 11.8 Å². The second kappa shape index (κ2) is 7.77. The number of nitrogens with zero attached hydrogens (tertiary/aromatic N) is 1. The Balaban J connectivity index is 1.96. The number of halogens is 2.